The van der Waals surface area contributed by atoms with Crippen LogP contribution in [0.3, 0.4) is 0 Å². The molecule has 0 saturated carbocycles. The maximum absolute atomic E-state index is 13.3. The van der Waals surface area contributed by atoms with Crippen molar-refractivity contribution in [2.24, 2.45) is 0 Å². The third-order valence-corrected chi connectivity index (χ3v) is 6.82. The van der Waals surface area contributed by atoms with Gasteiger partial charge in [-0.05, 0) is 118 Å². The zero-order chi connectivity index (χ0) is 15.5. The Morgan fingerprint density at radius 1 is 0.545 bits per heavy atom. The molecule has 4 heteroatoms. The van der Waals surface area contributed by atoms with Gasteiger partial charge < -0.3 is 0 Å². The Labute approximate surface area is 159 Å². The highest BCUT2D eigenvalue weighted by atomic mass is 127. The molecule has 0 aromatic heterocycles. The highest BCUT2D eigenvalue weighted by molar-refractivity contribution is 14.1. The minimum atomic E-state index is -0.213. The van der Waals surface area contributed by atoms with Crippen LogP contribution >= 0.6 is 45.2 Å². The van der Waals surface area contributed by atoms with Crippen LogP contribution in [0.5, 0.6) is 0 Å². The van der Waals surface area contributed by atoms with E-state index in [-0.39, 0.29) is 16.7 Å². The van der Waals surface area contributed by atoms with Crippen LogP contribution in [0.15, 0.2) is 87.5 Å². The number of halogens is 3. The Morgan fingerprint density at radius 2 is 0.864 bits per heavy atom. The molecule has 0 radical (unpaired) electrons. The smallest absolute Gasteiger partial charge is 0.166 e. The summed E-state index contributed by atoms with van der Waals surface area (Å²) in [5.41, 5.74) is 0. The fourth-order valence-electron chi connectivity index (χ4n) is 2.12. The van der Waals surface area contributed by atoms with Gasteiger partial charge in [-0.15, -0.1) is 0 Å². The van der Waals surface area contributed by atoms with Gasteiger partial charge >= 0.3 is 0 Å². The normalized spacial score (nSPS) is 10.9. The van der Waals surface area contributed by atoms with E-state index >= 15 is 0 Å². The minimum absolute atomic E-state index is 0.197. The number of benzene rings is 3. The molecule has 0 atom stereocenters. The van der Waals surface area contributed by atoms with Gasteiger partial charge in [-0.1, -0.05) is 0 Å². The van der Waals surface area contributed by atoms with Crippen molar-refractivity contribution in [2.75, 3.05) is 0 Å². The van der Waals surface area contributed by atoms with E-state index in [2.05, 4.69) is 93.7 Å². The summed E-state index contributed by atoms with van der Waals surface area (Å²) in [6.07, 6.45) is 0. The van der Waals surface area contributed by atoms with Crippen molar-refractivity contribution < 1.29 is 4.39 Å². The first-order valence-corrected chi connectivity index (χ1v) is 10.0. The molecule has 0 heterocycles. The molecule has 0 aliphatic carbocycles. The van der Waals surface area contributed by atoms with Crippen molar-refractivity contribution in [1.29, 1.82) is 0 Å². The fraction of sp³-hybridized carbons (Fsp3) is 0. The van der Waals surface area contributed by atoms with Gasteiger partial charge in [0.2, 0.25) is 0 Å². The average molecular weight is 533 g/mol. The van der Waals surface area contributed by atoms with Gasteiger partial charge in [0.05, 0.1) is 10.9 Å². The van der Waals surface area contributed by atoms with Crippen molar-refractivity contribution in [3.8, 4) is 0 Å². The summed E-state index contributed by atoms with van der Waals surface area (Å²) in [7, 11) is -0.213. The molecule has 0 unspecified atom stereocenters. The van der Waals surface area contributed by atoms with Gasteiger partial charge in [0.15, 0.2) is 14.7 Å². The van der Waals surface area contributed by atoms with Crippen LogP contribution in [0.2, 0.25) is 0 Å². The summed E-state index contributed by atoms with van der Waals surface area (Å²) in [4.78, 5) is 3.62. The molecule has 0 amide bonds. The Kier molecular flexibility index (Phi) is 5.41. The zero-order valence-electron chi connectivity index (χ0n) is 11.5. The highest BCUT2D eigenvalue weighted by Gasteiger charge is 2.28. The van der Waals surface area contributed by atoms with Crippen LogP contribution in [0.4, 0.5) is 4.39 Å². The van der Waals surface area contributed by atoms with Crippen LogP contribution in [-0.2, 0) is 10.9 Å². The molecular formula is C18H12FI2S+. The lowest BCUT2D eigenvalue weighted by Gasteiger charge is -2.08. The monoisotopic (exact) mass is 533 g/mol. The van der Waals surface area contributed by atoms with Gasteiger partial charge in [-0.25, -0.2) is 4.39 Å². The minimum Gasteiger partial charge on any atom is -0.207 e. The average Bonchev–Trinajstić information content (AvgIpc) is 2.53. The van der Waals surface area contributed by atoms with E-state index in [9.17, 15) is 4.39 Å². The van der Waals surface area contributed by atoms with Crippen LogP contribution in [0, 0.1) is 13.0 Å². The van der Waals surface area contributed by atoms with Crippen LogP contribution in [0.25, 0.3) is 0 Å². The third kappa shape index (κ3) is 3.83. The summed E-state index contributed by atoms with van der Waals surface area (Å²) >= 11 is 4.62. The first kappa shape index (κ1) is 16.3. The SMILES string of the molecule is Fc1ccc([S+](c2ccc(I)cc2)c2ccc(I)cc2)cc1. The van der Waals surface area contributed by atoms with E-state index in [4.69, 9.17) is 0 Å². The van der Waals surface area contributed by atoms with E-state index in [0.29, 0.717) is 0 Å². The summed E-state index contributed by atoms with van der Waals surface area (Å²) in [5, 5.41) is 0. The lowest BCUT2D eigenvalue weighted by atomic mass is 10.3. The summed E-state index contributed by atoms with van der Waals surface area (Å²) < 4.78 is 15.7. The predicted molar refractivity (Wildman–Crippen MR) is 107 cm³/mol. The van der Waals surface area contributed by atoms with Crippen molar-refractivity contribution in [3.05, 3.63) is 85.8 Å². The van der Waals surface area contributed by atoms with Crippen molar-refractivity contribution in [3.63, 3.8) is 0 Å². The molecule has 0 fully saturated rings. The second-order valence-electron chi connectivity index (χ2n) is 4.67. The van der Waals surface area contributed by atoms with Crippen molar-refractivity contribution >= 4 is 56.1 Å². The molecule has 0 spiro atoms. The predicted octanol–water partition coefficient (Wildman–Crippen LogP) is 6.13. The molecule has 110 valence electrons. The van der Waals surface area contributed by atoms with Gasteiger partial charge in [0, 0.05) is 7.14 Å². The van der Waals surface area contributed by atoms with E-state index in [1.807, 2.05) is 12.1 Å². The highest BCUT2D eigenvalue weighted by Crippen LogP contribution is 2.31. The molecule has 0 bridgehead atoms. The Balaban J connectivity index is 2.10. The molecule has 22 heavy (non-hydrogen) atoms. The molecule has 0 N–H and O–H groups in total. The second-order valence-corrected chi connectivity index (χ2v) is 9.19. The molecule has 0 saturated heterocycles. The molecule has 0 aliphatic heterocycles. The van der Waals surface area contributed by atoms with E-state index < -0.39 is 0 Å². The standard InChI is InChI=1S/C18H12FI2S/c19-13-1-7-16(8-2-13)22(17-9-3-14(20)4-10-17)18-11-5-15(21)6-12-18/h1-12H/q+1. The Hall–Kier alpha value is -0.600. The summed E-state index contributed by atoms with van der Waals surface area (Å²) in [5.74, 6) is -0.197. The molecule has 3 aromatic carbocycles. The van der Waals surface area contributed by atoms with Gasteiger partial charge in [-0.2, -0.15) is 0 Å². The van der Waals surface area contributed by atoms with E-state index in [0.717, 1.165) is 4.90 Å². The quantitative estimate of drug-likeness (QED) is 0.281. The van der Waals surface area contributed by atoms with Gasteiger partial charge in [-0.3, -0.25) is 0 Å². The number of hydrogen-bond acceptors (Lipinski definition) is 0. The maximum atomic E-state index is 13.3. The maximum Gasteiger partial charge on any atom is 0.166 e. The zero-order valence-corrected chi connectivity index (χ0v) is 16.6. The van der Waals surface area contributed by atoms with Gasteiger partial charge in [0.25, 0.3) is 0 Å². The van der Waals surface area contributed by atoms with Crippen LogP contribution < -0.4 is 0 Å². The molecule has 0 nitrogen and oxygen atoms in total. The molecule has 3 aromatic rings. The molecular weight excluding hydrogens is 521 g/mol. The summed E-state index contributed by atoms with van der Waals surface area (Å²) in [6.45, 7) is 0. The van der Waals surface area contributed by atoms with E-state index in [1.54, 1.807) is 0 Å². The molecule has 3 rings (SSSR count). The fourth-order valence-corrected chi connectivity index (χ4v) is 4.88. The first-order chi connectivity index (χ1) is 10.6. The topological polar surface area (TPSA) is 0 Å². The largest absolute Gasteiger partial charge is 0.207 e. The molecule has 0 aliphatic rings. The third-order valence-electron chi connectivity index (χ3n) is 3.15. The van der Waals surface area contributed by atoms with Crippen molar-refractivity contribution in [2.45, 2.75) is 14.7 Å². The first-order valence-electron chi connectivity index (χ1n) is 6.64. The Morgan fingerprint density at radius 3 is 1.23 bits per heavy atom. The van der Waals surface area contributed by atoms with Gasteiger partial charge in [0.1, 0.15) is 5.82 Å². The lowest BCUT2D eigenvalue weighted by Crippen LogP contribution is -2.05. The van der Waals surface area contributed by atoms with Crippen molar-refractivity contribution in [1.82, 2.24) is 0 Å². The van der Waals surface area contributed by atoms with Crippen LogP contribution in [-0.4, -0.2) is 0 Å². The number of hydrogen-bond donors (Lipinski definition) is 0. The number of rotatable bonds is 3. The second kappa shape index (κ2) is 7.31. The summed E-state index contributed by atoms with van der Waals surface area (Å²) in [6, 6.07) is 23.9. The van der Waals surface area contributed by atoms with E-state index in [1.165, 1.54) is 29.1 Å². The van der Waals surface area contributed by atoms with Crippen LogP contribution in [0.1, 0.15) is 0 Å². The lowest BCUT2D eigenvalue weighted by molar-refractivity contribution is 0.626. The Bertz CT molecular complexity index is 644.